The standard InChI is InChI=1S/C24H29ClN6O4S/c1-30(36(3,32)33)21-7-5-4-6-19(21)27-23-18(25)15-26-24(29-23)28-20-9-8-17(14-22(20)34-2)16-31-10-12-35-13-11-31/h4-9,14-15H,10-13,16H2,1-3H3,(H2,26,27,28,29). The van der Waals surface area contributed by atoms with Crippen molar-refractivity contribution >= 4 is 50.5 Å². The van der Waals surface area contributed by atoms with E-state index in [4.69, 9.17) is 21.1 Å². The Labute approximate surface area is 216 Å². The monoisotopic (exact) mass is 532 g/mol. The van der Waals surface area contributed by atoms with Gasteiger partial charge < -0.3 is 20.1 Å². The van der Waals surface area contributed by atoms with Crippen molar-refractivity contribution in [2.24, 2.45) is 0 Å². The Morgan fingerprint density at radius 1 is 1.14 bits per heavy atom. The lowest BCUT2D eigenvalue weighted by Crippen LogP contribution is -2.35. The van der Waals surface area contributed by atoms with Crippen LogP contribution in [0.15, 0.2) is 48.7 Å². The Kier molecular flexibility index (Phi) is 8.14. The molecule has 1 saturated heterocycles. The molecule has 1 aliphatic rings. The molecule has 1 aromatic heterocycles. The summed E-state index contributed by atoms with van der Waals surface area (Å²) in [5, 5.41) is 6.59. The summed E-state index contributed by atoms with van der Waals surface area (Å²) in [4.78, 5) is 11.1. The van der Waals surface area contributed by atoms with Crippen molar-refractivity contribution in [3.8, 4) is 5.75 Å². The topological polar surface area (TPSA) is 109 Å². The van der Waals surface area contributed by atoms with Crippen molar-refractivity contribution in [3.63, 3.8) is 0 Å². The van der Waals surface area contributed by atoms with Crippen LogP contribution in [0.5, 0.6) is 5.75 Å². The van der Waals surface area contributed by atoms with Crippen LogP contribution < -0.4 is 19.7 Å². The van der Waals surface area contributed by atoms with E-state index >= 15 is 0 Å². The molecule has 0 atom stereocenters. The molecule has 192 valence electrons. The van der Waals surface area contributed by atoms with Crippen molar-refractivity contribution in [3.05, 3.63) is 59.2 Å². The zero-order valence-corrected chi connectivity index (χ0v) is 21.9. The van der Waals surface area contributed by atoms with Crippen LogP contribution >= 0.6 is 11.6 Å². The third-order valence-corrected chi connectivity index (χ3v) is 7.23. The summed E-state index contributed by atoms with van der Waals surface area (Å²) in [5.74, 6) is 1.29. The molecule has 2 aromatic carbocycles. The Bertz CT molecular complexity index is 1320. The molecule has 36 heavy (non-hydrogen) atoms. The van der Waals surface area contributed by atoms with Crippen molar-refractivity contribution in [1.29, 1.82) is 0 Å². The van der Waals surface area contributed by atoms with E-state index in [0.29, 0.717) is 34.6 Å². The van der Waals surface area contributed by atoms with Crippen LogP contribution in [0.4, 0.5) is 28.8 Å². The molecule has 2 heterocycles. The first-order valence-electron chi connectivity index (χ1n) is 11.3. The van der Waals surface area contributed by atoms with Crippen LogP contribution in [0.3, 0.4) is 0 Å². The number of morpholine rings is 1. The number of hydrogen-bond acceptors (Lipinski definition) is 9. The minimum absolute atomic E-state index is 0.283. The number of nitrogens with zero attached hydrogens (tertiary/aromatic N) is 4. The fraction of sp³-hybridized carbons (Fsp3) is 0.333. The zero-order valence-electron chi connectivity index (χ0n) is 20.4. The highest BCUT2D eigenvalue weighted by atomic mass is 35.5. The fourth-order valence-electron chi connectivity index (χ4n) is 3.75. The number of benzene rings is 2. The van der Waals surface area contributed by atoms with Gasteiger partial charge in [-0.3, -0.25) is 9.21 Å². The Morgan fingerprint density at radius 3 is 2.61 bits per heavy atom. The number of aromatic nitrogens is 2. The lowest BCUT2D eigenvalue weighted by atomic mass is 10.1. The molecule has 0 bridgehead atoms. The number of anilines is 5. The summed E-state index contributed by atoms with van der Waals surface area (Å²) in [6, 6.07) is 12.9. The van der Waals surface area contributed by atoms with Gasteiger partial charge in [-0.25, -0.2) is 13.4 Å². The summed E-state index contributed by atoms with van der Waals surface area (Å²) >= 11 is 6.36. The predicted octanol–water partition coefficient (Wildman–Crippen LogP) is 3.85. The lowest BCUT2D eigenvalue weighted by Gasteiger charge is -2.26. The van der Waals surface area contributed by atoms with E-state index in [1.807, 2.05) is 18.2 Å². The van der Waals surface area contributed by atoms with Crippen molar-refractivity contribution in [1.82, 2.24) is 14.9 Å². The molecular formula is C24H29ClN6O4S. The van der Waals surface area contributed by atoms with Crippen LogP contribution in [0.25, 0.3) is 0 Å². The smallest absolute Gasteiger partial charge is 0.232 e. The minimum Gasteiger partial charge on any atom is -0.495 e. The molecule has 0 amide bonds. The molecule has 0 radical (unpaired) electrons. The van der Waals surface area contributed by atoms with Gasteiger partial charge in [0.15, 0.2) is 5.82 Å². The van der Waals surface area contributed by atoms with Gasteiger partial charge in [0.1, 0.15) is 10.8 Å². The van der Waals surface area contributed by atoms with E-state index < -0.39 is 10.0 Å². The maximum Gasteiger partial charge on any atom is 0.232 e. The molecule has 2 N–H and O–H groups in total. The average molecular weight is 533 g/mol. The van der Waals surface area contributed by atoms with Gasteiger partial charge in [0, 0.05) is 26.7 Å². The van der Waals surface area contributed by atoms with Crippen LogP contribution in [0.1, 0.15) is 5.56 Å². The van der Waals surface area contributed by atoms with Crippen LogP contribution in [-0.2, 0) is 21.3 Å². The number of ether oxygens (including phenoxy) is 2. The summed E-state index contributed by atoms with van der Waals surface area (Å²) in [6.07, 6.45) is 2.62. The number of para-hydroxylation sites is 2. The summed E-state index contributed by atoms with van der Waals surface area (Å²) in [7, 11) is -0.358. The van der Waals surface area contributed by atoms with Gasteiger partial charge in [-0.1, -0.05) is 29.8 Å². The molecule has 12 heteroatoms. The molecular weight excluding hydrogens is 504 g/mol. The first-order chi connectivity index (χ1) is 17.2. The van der Waals surface area contributed by atoms with Gasteiger partial charge in [-0.05, 0) is 29.8 Å². The molecule has 10 nitrogen and oxygen atoms in total. The van der Waals surface area contributed by atoms with Gasteiger partial charge in [0.25, 0.3) is 0 Å². The molecule has 0 unspecified atom stereocenters. The Balaban J connectivity index is 1.54. The van der Waals surface area contributed by atoms with E-state index in [2.05, 4.69) is 25.5 Å². The van der Waals surface area contributed by atoms with Gasteiger partial charge in [0.2, 0.25) is 16.0 Å². The van der Waals surface area contributed by atoms with E-state index in [9.17, 15) is 8.42 Å². The number of sulfonamides is 1. The molecule has 3 aromatic rings. The molecule has 1 aliphatic heterocycles. The third-order valence-electron chi connectivity index (χ3n) is 5.76. The number of methoxy groups -OCH3 is 1. The maximum absolute atomic E-state index is 12.1. The van der Waals surface area contributed by atoms with Crippen LogP contribution in [0, 0.1) is 0 Å². The van der Waals surface area contributed by atoms with E-state index in [1.165, 1.54) is 17.5 Å². The summed E-state index contributed by atoms with van der Waals surface area (Å²) < 4.78 is 36.4. The number of halogens is 1. The lowest BCUT2D eigenvalue weighted by molar-refractivity contribution is 0.0342. The molecule has 0 spiro atoms. The molecule has 1 fully saturated rings. The van der Waals surface area contributed by atoms with E-state index in [0.717, 1.165) is 44.7 Å². The fourth-order valence-corrected chi connectivity index (χ4v) is 4.41. The SMILES string of the molecule is COc1cc(CN2CCOCC2)ccc1Nc1ncc(Cl)c(Nc2ccccc2N(C)S(C)(=O)=O)n1. The number of hydrogen-bond donors (Lipinski definition) is 2. The Morgan fingerprint density at radius 2 is 1.89 bits per heavy atom. The molecule has 0 saturated carbocycles. The number of nitrogens with one attached hydrogen (secondary N) is 2. The zero-order chi connectivity index (χ0) is 25.7. The molecule has 0 aliphatic carbocycles. The average Bonchev–Trinajstić information content (AvgIpc) is 2.87. The van der Waals surface area contributed by atoms with Crippen LogP contribution in [0.2, 0.25) is 5.02 Å². The van der Waals surface area contributed by atoms with Crippen LogP contribution in [-0.4, -0.2) is 70.0 Å². The van der Waals surface area contributed by atoms with Crippen molar-refractivity contribution < 1.29 is 17.9 Å². The second kappa shape index (κ2) is 11.3. The summed E-state index contributed by atoms with van der Waals surface area (Å²) in [6.45, 7) is 4.11. The van der Waals surface area contributed by atoms with Crippen molar-refractivity contribution in [2.75, 3.05) is 61.7 Å². The third kappa shape index (κ3) is 6.35. The normalized spacial score (nSPS) is 14.3. The first kappa shape index (κ1) is 26.0. The highest BCUT2D eigenvalue weighted by Crippen LogP contribution is 2.33. The largest absolute Gasteiger partial charge is 0.495 e. The highest BCUT2D eigenvalue weighted by molar-refractivity contribution is 7.92. The van der Waals surface area contributed by atoms with Gasteiger partial charge in [0.05, 0.1) is 49.8 Å². The van der Waals surface area contributed by atoms with Gasteiger partial charge in [-0.15, -0.1) is 0 Å². The van der Waals surface area contributed by atoms with Crippen molar-refractivity contribution in [2.45, 2.75) is 6.54 Å². The quantitative estimate of drug-likeness (QED) is 0.424. The van der Waals surface area contributed by atoms with Gasteiger partial charge in [-0.2, -0.15) is 4.98 Å². The summed E-state index contributed by atoms with van der Waals surface area (Å²) in [5.41, 5.74) is 2.82. The van der Waals surface area contributed by atoms with Gasteiger partial charge >= 0.3 is 0 Å². The molecule has 4 rings (SSSR count). The highest BCUT2D eigenvalue weighted by Gasteiger charge is 2.17. The van der Waals surface area contributed by atoms with E-state index in [-0.39, 0.29) is 5.02 Å². The number of rotatable bonds is 9. The van der Waals surface area contributed by atoms with E-state index in [1.54, 1.807) is 31.4 Å². The Hall–Kier alpha value is -3.12. The second-order valence-electron chi connectivity index (χ2n) is 8.31. The second-order valence-corrected chi connectivity index (χ2v) is 10.7. The predicted molar refractivity (Wildman–Crippen MR) is 142 cm³/mol. The maximum atomic E-state index is 12.1. The minimum atomic E-state index is -3.46. The first-order valence-corrected chi connectivity index (χ1v) is 13.5.